The van der Waals surface area contributed by atoms with Gasteiger partial charge in [-0.3, -0.25) is 14.1 Å². The third-order valence-corrected chi connectivity index (χ3v) is 7.22. The third kappa shape index (κ3) is 5.01. The van der Waals surface area contributed by atoms with Gasteiger partial charge in [0, 0.05) is 35.9 Å². The molecule has 0 aliphatic heterocycles. The minimum absolute atomic E-state index is 0.225. The number of carbonyl (C=O) groups excluding carboxylic acids is 1. The first kappa shape index (κ1) is 21.9. The van der Waals surface area contributed by atoms with Crippen molar-refractivity contribution in [2.24, 2.45) is 0 Å². The second kappa shape index (κ2) is 9.77. The summed E-state index contributed by atoms with van der Waals surface area (Å²) in [7, 11) is -3.69. The molecule has 0 fully saturated rings. The Morgan fingerprint density at radius 3 is 2.20 bits per heavy atom. The van der Waals surface area contributed by atoms with Crippen molar-refractivity contribution in [3.8, 4) is 0 Å². The van der Waals surface area contributed by atoms with E-state index in [2.05, 4.69) is 10.3 Å². The largest absolute Gasteiger partial charge is 0.348 e. The highest BCUT2D eigenvalue weighted by Crippen LogP contribution is 2.25. The summed E-state index contributed by atoms with van der Waals surface area (Å²) >= 11 is 1.56. The first-order valence-electron chi connectivity index (χ1n) is 9.39. The van der Waals surface area contributed by atoms with Gasteiger partial charge in [-0.15, -0.1) is 11.8 Å². The van der Waals surface area contributed by atoms with Gasteiger partial charge in [0.05, 0.1) is 10.6 Å². The van der Waals surface area contributed by atoms with Crippen LogP contribution in [0, 0.1) is 0 Å². The fourth-order valence-electron chi connectivity index (χ4n) is 2.93. The van der Waals surface area contributed by atoms with Crippen molar-refractivity contribution in [3.63, 3.8) is 0 Å². The Morgan fingerprint density at radius 1 is 1.00 bits per heavy atom. The predicted octanol–water partition coefficient (Wildman–Crippen LogP) is 3.95. The minimum atomic E-state index is -3.69. The number of pyridine rings is 1. The van der Waals surface area contributed by atoms with Crippen molar-refractivity contribution in [2.75, 3.05) is 17.1 Å². The van der Waals surface area contributed by atoms with Crippen LogP contribution < -0.4 is 9.62 Å². The van der Waals surface area contributed by atoms with E-state index in [9.17, 15) is 13.2 Å². The molecule has 1 amide bonds. The zero-order valence-corrected chi connectivity index (χ0v) is 18.4. The number of rotatable bonds is 8. The van der Waals surface area contributed by atoms with Crippen LogP contribution in [0.15, 0.2) is 82.8 Å². The molecule has 156 valence electrons. The lowest BCUT2D eigenvalue weighted by Crippen LogP contribution is -2.31. The zero-order chi connectivity index (χ0) is 21.6. The Labute approximate surface area is 181 Å². The van der Waals surface area contributed by atoms with Gasteiger partial charge < -0.3 is 5.32 Å². The lowest BCUT2D eigenvalue weighted by Gasteiger charge is -2.23. The molecule has 0 unspecified atom stereocenters. The Morgan fingerprint density at radius 2 is 1.63 bits per heavy atom. The molecule has 0 atom stereocenters. The Kier molecular flexibility index (Phi) is 7.12. The molecule has 1 heterocycles. The molecule has 0 bridgehead atoms. The third-order valence-electron chi connectivity index (χ3n) is 4.55. The number of thioether (sulfide) groups is 1. The number of nitrogens with one attached hydrogen (secondary N) is 1. The number of anilines is 1. The molecule has 6 nitrogen and oxygen atoms in total. The summed E-state index contributed by atoms with van der Waals surface area (Å²) < 4.78 is 27.5. The zero-order valence-electron chi connectivity index (χ0n) is 16.8. The quantitative estimate of drug-likeness (QED) is 0.536. The number of amides is 1. The van der Waals surface area contributed by atoms with Crippen LogP contribution >= 0.6 is 11.8 Å². The van der Waals surface area contributed by atoms with E-state index < -0.39 is 10.0 Å². The van der Waals surface area contributed by atoms with Crippen LogP contribution in [0.4, 0.5) is 5.69 Å². The van der Waals surface area contributed by atoms with Crippen LogP contribution in [0.25, 0.3) is 0 Å². The van der Waals surface area contributed by atoms with E-state index in [0.29, 0.717) is 17.8 Å². The standard InChI is InChI=1S/C22H23N3O3S2/c1-3-25(30(27,28)21-10-8-20(29-2)9-11-21)19-6-4-18(5-7-19)22(26)24-16-17-12-14-23-15-13-17/h4-15H,3,16H2,1-2H3,(H,24,26). The van der Waals surface area contributed by atoms with E-state index in [1.165, 1.54) is 4.31 Å². The van der Waals surface area contributed by atoms with Gasteiger partial charge in [0.2, 0.25) is 0 Å². The summed E-state index contributed by atoms with van der Waals surface area (Å²) in [6.45, 7) is 2.45. The van der Waals surface area contributed by atoms with Gasteiger partial charge in [-0.2, -0.15) is 0 Å². The maximum absolute atomic E-state index is 13.1. The summed E-state index contributed by atoms with van der Waals surface area (Å²) in [4.78, 5) is 17.6. The van der Waals surface area contributed by atoms with E-state index in [1.54, 1.807) is 79.6 Å². The molecule has 1 N–H and O–H groups in total. The van der Waals surface area contributed by atoms with E-state index in [0.717, 1.165) is 10.5 Å². The van der Waals surface area contributed by atoms with Gasteiger partial charge >= 0.3 is 0 Å². The van der Waals surface area contributed by atoms with Gasteiger partial charge in [0.1, 0.15) is 0 Å². The number of carbonyl (C=O) groups is 1. The normalized spacial score (nSPS) is 11.1. The van der Waals surface area contributed by atoms with Crippen molar-refractivity contribution in [1.29, 1.82) is 0 Å². The van der Waals surface area contributed by atoms with Gasteiger partial charge in [-0.25, -0.2) is 8.42 Å². The molecular weight excluding hydrogens is 418 g/mol. The van der Waals surface area contributed by atoms with Crippen LogP contribution in [0.2, 0.25) is 0 Å². The topological polar surface area (TPSA) is 79.4 Å². The number of nitrogens with zero attached hydrogens (tertiary/aromatic N) is 2. The molecule has 30 heavy (non-hydrogen) atoms. The van der Waals surface area contributed by atoms with Crippen molar-refractivity contribution in [1.82, 2.24) is 10.3 Å². The molecule has 0 spiro atoms. The van der Waals surface area contributed by atoms with Gasteiger partial charge in [-0.05, 0) is 79.4 Å². The summed E-state index contributed by atoms with van der Waals surface area (Å²) in [5, 5.41) is 2.84. The second-order valence-corrected chi connectivity index (χ2v) is 9.17. The summed E-state index contributed by atoms with van der Waals surface area (Å²) in [6, 6.07) is 17.0. The highest BCUT2D eigenvalue weighted by atomic mass is 32.2. The fourth-order valence-corrected chi connectivity index (χ4v) is 4.81. The van der Waals surface area contributed by atoms with Gasteiger partial charge in [0.15, 0.2) is 0 Å². The molecular formula is C22H23N3O3S2. The number of hydrogen-bond donors (Lipinski definition) is 1. The van der Waals surface area contributed by atoms with E-state index in [4.69, 9.17) is 0 Å². The average Bonchev–Trinajstić information content (AvgIpc) is 2.79. The number of benzene rings is 2. The van der Waals surface area contributed by atoms with Crippen molar-refractivity contribution in [3.05, 3.63) is 84.2 Å². The fraction of sp³-hybridized carbons (Fsp3) is 0.182. The van der Waals surface area contributed by atoms with Crippen LogP contribution in [0.1, 0.15) is 22.8 Å². The lowest BCUT2D eigenvalue weighted by atomic mass is 10.2. The molecule has 0 saturated carbocycles. The molecule has 0 aliphatic rings. The van der Waals surface area contributed by atoms with Crippen LogP contribution in [0.3, 0.4) is 0 Å². The van der Waals surface area contributed by atoms with E-state index in [1.807, 2.05) is 18.4 Å². The Hall–Kier alpha value is -2.84. The number of sulfonamides is 1. The maximum Gasteiger partial charge on any atom is 0.264 e. The van der Waals surface area contributed by atoms with Crippen LogP contribution in [-0.2, 0) is 16.6 Å². The summed E-state index contributed by atoms with van der Waals surface area (Å²) in [5.41, 5.74) is 1.92. The molecule has 0 radical (unpaired) electrons. The first-order valence-corrected chi connectivity index (χ1v) is 12.1. The molecule has 1 aromatic heterocycles. The first-order chi connectivity index (χ1) is 14.5. The lowest BCUT2D eigenvalue weighted by molar-refractivity contribution is 0.0951. The van der Waals surface area contributed by atoms with Crippen molar-refractivity contribution < 1.29 is 13.2 Å². The van der Waals surface area contributed by atoms with E-state index >= 15 is 0 Å². The van der Waals surface area contributed by atoms with Crippen LogP contribution in [-0.4, -0.2) is 32.1 Å². The molecule has 3 aromatic rings. The maximum atomic E-state index is 13.1. The van der Waals surface area contributed by atoms with E-state index in [-0.39, 0.29) is 17.3 Å². The highest BCUT2D eigenvalue weighted by molar-refractivity contribution is 7.98. The van der Waals surface area contributed by atoms with Crippen LogP contribution in [0.5, 0.6) is 0 Å². The average molecular weight is 442 g/mol. The summed E-state index contributed by atoms with van der Waals surface area (Å²) in [6.07, 6.45) is 5.28. The Balaban J connectivity index is 1.74. The molecule has 3 rings (SSSR count). The van der Waals surface area contributed by atoms with Gasteiger partial charge in [-0.1, -0.05) is 0 Å². The minimum Gasteiger partial charge on any atom is -0.348 e. The smallest absolute Gasteiger partial charge is 0.264 e. The van der Waals surface area contributed by atoms with Gasteiger partial charge in [0.25, 0.3) is 15.9 Å². The monoisotopic (exact) mass is 441 g/mol. The molecule has 2 aromatic carbocycles. The molecule has 0 aliphatic carbocycles. The SMILES string of the molecule is CCN(c1ccc(C(=O)NCc2ccncc2)cc1)S(=O)(=O)c1ccc(SC)cc1. The summed E-state index contributed by atoms with van der Waals surface area (Å²) in [5.74, 6) is -0.225. The Bertz CT molecular complexity index is 1080. The van der Waals surface area contributed by atoms with Crippen molar-refractivity contribution >= 4 is 33.4 Å². The highest BCUT2D eigenvalue weighted by Gasteiger charge is 2.23. The van der Waals surface area contributed by atoms with Crippen molar-refractivity contribution in [2.45, 2.75) is 23.3 Å². The molecule has 8 heteroatoms. The predicted molar refractivity (Wildman–Crippen MR) is 120 cm³/mol. The number of hydrogen-bond acceptors (Lipinski definition) is 5. The molecule has 0 saturated heterocycles. The second-order valence-electron chi connectivity index (χ2n) is 6.43. The number of aromatic nitrogens is 1.